The van der Waals surface area contributed by atoms with Gasteiger partial charge in [0.15, 0.2) is 22.2 Å². The van der Waals surface area contributed by atoms with E-state index < -0.39 is 11.0 Å². The van der Waals surface area contributed by atoms with E-state index in [2.05, 4.69) is 32.7 Å². The van der Waals surface area contributed by atoms with Crippen molar-refractivity contribution >= 4 is 45.7 Å². The third-order valence-electron chi connectivity index (χ3n) is 5.80. The van der Waals surface area contributed by atoms with Crippen LogP contribution in [-0.2, 0) is 29.6 Å². The smallest absolute Gasteiger partial charge is 0.270 e. The number of hydrogen-bond donors (Lipinski definition) is 2. The van der Waals surface area contributed by atoms with E-state index >= 15 is 0 Å². The van der Waals surface area contributed by atoms with Gasteiger partial charge in [-0.05, 0) is 31.0 Å². The summed E-state index contributed by atoms with van der Waals surface area (Å²) in [6.45, 7) is 3.90. The molecule has 0 aliphatic rings. The average Bonchev–Trinajstić information content (AvgIpc) is 3.57. The fourth-order valence-electron chi connectivity index (χ4n) is 3.52. The fourth-order valence-corrected chi connectivity index (χ4v) is 4.99. The van der Waals surface area contributed by atoms with E-state index in [1.807, 2.05) is 24.3 Å². The van der Waals surface area contributed by atoms with E-state index in [4.69, 9.17) is 4.74 Å². The molecule has 2 N–H and O–H groups in total. The first-order valence-corrected chi connectivity index (χ1v) is 14.1. The highest BCUT2D eigenvalue weighted by molar-refractivity contribution is 7.99. The molecule has 0 saturated carbocycles. The Kier molecular flexibility index (Phi) is 9.45. The molecule has 0 aliphatic heterocycles. The summed E-state index contributed by atoms with van der Waals surface area (Å²) >= 11 is 2.41. The second kappa shape index (κ2) is 13.2. The van der Waals surface area contributed by atoms with E-state index in [1.165, 1.54) is 40.8 Å². The number of non-ortho nitro benzene ring substituents is 1. The number of nitrogens with zero attached hydrogens (tertiary/aromatic N) is 5. The Morgan fingerprint density at radius 2 is 1.98 bits per heavy atom. The summed E-state index contributed by atoms with van der Waals surface area (Å²) in [5.74, 6) is 0.627. The Morgan fingerprint density at radius 3 is 2.70 bits per heavy atom. The van der Waals surface area contributed by atoms with Crippen LogP contribution < -0.4 is 15.4 Å². The molecule has 40 heavy (non-hydrogen) atoms. The Morgan fingerprint density at radius 1 is 1.20 bits per heavy atom. The predicted molar refractivity (Wildman–Crippen MR) is 152 cm³/mol. The van der Waals surface area contributed by atoms with Crippen LogP contribution in [0, 0.1) is 10.1 Å². The van der Waals surface area contributed by atoms with Crippen molar-refractivity contribution in [1.82, 2.24) is 25.1 Å². The fraction of sp³-hybridized carbons (Fsp3) is 0.269. The van der Waals surface area contributed by atoms with Crippen molar-refractivity contribution in [3.8, 4) is 17.0 Å². The summed E-state index contributed by atoms with van der Waals surface area (Å²) in [7, 11) is 1.75. The molecule has 0 aliphatic carbocycles. The van der Waals surface area contributed by atoms with Crippen LogP contribution in [0.5, 0.6) is 5.75 Å². The molecule has 12 nitrogen and oxygen atoms in total. The van der Waals surface area contributed by atoms with Gasteiger partial charge in [-0.15, -0.1) is 21.5 Å². The van der Waals surface area contributed by atoms with E-state index in [-0.39, 0.29) is 29.8 Å². The number of carbonyl (C=O) groups excluding carboxylic acids is 2. The number of nitro benzene ring substituents is 1. The monoisotopic (exact) mass is 581 g/mol. The maximum atomic E-state index is 12.5. The lowest BCUT2D eigenvalue weighted by atomic mass is 10.1. The molecule has 4 rings (SSSR count). The molecule has 0 radical (unpaired) electrons. The SMILES string of the molecule is CCc1ccc(OC(C)C(=O)NCc2nnc(SCC(=O)Nc3nc(-c4cccc([N+](=O)[O-])c4)cs3)n2C)cc1. The quantitative estimate of drug-likeness (QED) is 0.142. The summed E-state index contributed by atoms with van der Waals surface area (Å²) in [5.41, 5.74) is 2.28. The molecular weight excluding hydrogens is 554 g/mol. The number of benzene rings is 2. The minimum Gasteiger partial charge on any atom is -0.481 e. The van der Waals surface area contributed by atoms with Crippen molar-refractivity contribution in [3.63, 3.8) is 0 Å². The van der Waals surface area contributed by atoms with Crippen LogP contribution in [0.15, 0.2) is 59.1 Å². The number of aryl methyl sites for hydroxylation is 1. The van der Waals surface area contributed by atoms with Crippen molar-refractivity contribution in [2.75, 3.05) is 11.1 Å². The molecule has 0 saturated heterocycles. The molecule has 14 heteroatoms. The Hall–Kier alpha value is -4.30. The number of anilines is 1. The maximum Gasteiger partial charge on any atom is 0.270 e. The first-order valence-electron chi connectivity index (χ1n) is 12.3. The summed E-state index contributed by atoms with van der Waals surface area (Å²) in [5, 5.41) is 27.4. The summed E-state index contributed by atoms with van der Waals surface area (Å²) in [4.78, 5) is 39.9. The van der Waals surface area contributed by atoms with Gasteiger partial charge >= 0.3 is 0 Å². The van der Waals surface area contributed by atoms with Crippen LogP contribution in [-0.4, -0.2) is 48.3 Å². The standard InChI is InChI=1S/C26H27N7O5S2/c1-4-17-8-10-20(11-9-17)38-16(2)24(35)27-13-22-30-31-26(32(22)3)40-15-23(34)29-25-28-21(14-39-25)18-6-5-7-19(12-18)33(36)37/h5-12,14,16H,4,13,15H2,1-3H3,(H,27,35)(H,28,29,34). The minimum absolute atomic E-state index is 0.0319. The number of rotatable bonds is 12. The van der Waals surface area contributed by atoms with Crippen LogP contribution >= 0.6 is 23.1 Å². The molecule has 0 bridgehead atoms. The number of hydrogen-bond acceptors (Lipinski definition) is 10. The zero-order valence-corrected chi connectivity index (χ0v) is 23.6. The van der Waals surface area contributed by atoms with Gasteiger partial charge in [-0.2, -0.15) is 0 Å². The molecule has 4 aromatic rings. The topological polar surface area (TPSA) is 154 Å². The van der Waals surface area contributed by atoms with Crippen LogP contribution in [0.4, 0.5) is 10.8 Å². The van der Waals surface area contributed by atoms with Crippen molar-refractivity contribution in [2.24, 2.45) is 7.05 Å². The number of ether oxygens (including phenoxy) is 1. The lowest BCUT2D eigenvalue weighted by Gasteiger charge is -2.15. The van der Waals surface area contributed by atoms with Crippen LogP contribution in [0.3, 0.4) is 0 Å². The number of amides is 2. The third-order valence-corrected chi connectivity index (χ3v) is 7.57. The molecule has 2 amide bonds. The second-order valence-corrected chi connectivity index (χ2v) is 10.4. The average molecular weight is 582 g/mol. The van der Waals surface area contributed by atoms with Crippen LogP contribution in [0.2, 0.25) is 0 Å². The number of nitrogens with one attached hydrogen (secondary N) is 2. The molecule has 2 aromatic carbocycles. The highest BCUT2D eigenvalue weighted by Gasteiger charge is 2.18. The van der Waals surface area contributed by atoms with Gasteiger partial charge in [-0.3, -0.25) is 19.7 Å². The zero-order valence-electron chi connectivity index (χ0n) is 22.0. The highest BCUT2D eigenvalue weighted by Crippen LogP contribution is 2.27. The van der Waals surface area contributed by atoms with Gasteiger partial charge in [0.25, 0.3) is 11.6 Å². The predicted octanol–water partition coefficient (Wildman–Crippen LogP) is 4.22. The van der Waals surface area contributed by atoms with Gasteiger partial charge in [-0.1, -0.05) is 43.0 Å². The molecule has 208 valence electrons. The minimum atomic E-state index is -0.693. The van der Waals surface area contributed by atoms with Crippen LogP contribution in [0.1, 0.15) is 25.2 Å². The summed E-state index contributed by atoms with van der Waals surface area (Å²) < 4.78 is 7.43. The van der Waals surface area contributed by atoms with Gasteiger partial charge in [-0.25, -0.2) is 4.98 Å². The van der Waals surface area contributed by atoms with E-state index in [0.717, 1.165) is 6.42 Å². The summed E-state index contributed by atoms with van der Waals surface area (Å²) in [6.07, 6.45) is 0.234. The number of nitro groups is 1. The first kappa shape index (κ1) is 28.7. The highest BCUT2D eigenvalue weighted by atomic mass is 32.2. The molecular formula is C26H27N7O5S2. The zero-order chi connectivity index (χ0) is 28.6. The molecule has 2 aromatic heterocycles. The summed E-state index contributed by atoms with van der Waals surface area (Å²) in [6, 6.07) is 13.8. The largest absolute Gasteiger partial charge is 0.481 e. The Bertz CT molecular complexity index is 1500. The molecule has 0 fully saturated rings. The lowest BCUT2D eigenvalue weighted by molar-refractivity contribution is -0.384. The Balaban J connectivity index is 1.25. The van der Waals surface area contributed by atoms with Gasteiger partial charge < -0.3 is 19.9 Å². The molecule has 1 atom stereocenters. The van der Waals surface area contributed by atoms with Crippen molar-refractivity contribution in [2.45, 2.75) is 38.1 Å². The van der Waals surface area contributed by atoms with E-state index in [1.54, 1.807) is 36.1 Å². The van der Waals surface area contributed by atoms with Crippen LogP contribution in [0.25, 0.3) is 11.3 Å². The Labute approximate surface area is 238 Å². The van der Waals surface area contributed by atoms with Crippen molar-refractivity contribution < 1.29 is 19.2 Å². The molecule has 2 heterocycles. The number of carbonyl (C=O) groups is 2. The molecule has 1 unspecified atom stereocenters. The van der Waals surface area contributed by atoms with E-state index in [9.17, 15) is 19.7 Å². The van der Waals surface area contributed by atoms with Crippen molar-refractivity contribution in [1.29, 1.82) is 0 Å². The van der Waals surface area contributed by atoms with Gasteiger partial charge in [0.05, 0.1) is 22.9 Å². The number of aromatic nitrogens is 4. The first-order chi connectivity index (χ1) is 19.2. The van der Waals surface area contributed by atoms with Crippen molar-refractivity contribution in [3.05, 3.63) is 75.4 Å². The number of thiazole rings is 1. The van der Waals surface area contributed by atoms with E-state index in [0.29, 0.717) is 33.1 Å². The van der Waals surface area contributed by atoms with Gasteiger partial charge in [0.1, 0.15) is 5.75 Å². The third kappa shape index (κ3) is 7.42. The lowest BCUT2D eigenvalue weighted by Crippen LogP contribution is -2.36. The van der Waals surface area contributed by atoms with Gasteiger partial charge in [0.2, 0.25) is 5.91 Å². The van der Waals surface area contributed by atoms with Gasteiger partial charge in [0, 0.05) is 30.1 Å². The number of thioether (sulfide) groups is 1. The second-order valence-electron chi connectivity index (χ2n) is 8.62. The maximum absolute atomic E-state index is 12.5. The normalized spacial score (nSPS) is 11.6. The molecule has 0 spiro atoms.